The van der Waals surface area contributed by atoms with Crippen molar-refractivity contribution in [3.63, 3.8) is 0 Å². The number of benzene rings is 1. The molecule has 0 heterocycles. The molecule has 2 nitrogen and oxygen atoms in total. The van der Waals surface area contributed by atoms with Crippen LogP contribution in [-0.4, -0.2) is 5.11 Å². The SMILES string of the molecule is Cc1ccc(C(O)C2(C#N)CCCCC2)c(Br)c1. The second-order valence-corrected chi connectivity index (χ2v) is 6.11. The van der Waals surface area contributed by atoms with Gasteiger partial charge in [0.25, 0.3) is 0 Å². The molecular weight excluding hydrogens is 290 g/mol. The normalized spacial score (nSPS) is 20.1. The first-order valence-corrected chi connectivity index (χ1v) is 7.24. The van der Waals surface area contributed by atoms with Gasteiger partial charge in [-0.1, -0.05) is 47.3 Å². The summed E-state index contributed by atoms with van der Waals surface area (Å²) >= 11 is 3.50. The van der Waals surface area contributed by atoms with E-state index in [0.29, 0.717) is 0 Å². The van der Waals surface area contributed by atoms with Gasteiger partial charge in [0.05, 0.1) is 17.6 Å². The van der Waals surface area contributed by atoms with Crippen LogP contribution in [0.15, 0.2) is 22.7 Å². The molecule has 1 atom stereocenters. The van der Waals surface area contributed by atoms with Crippen LogP contribution in [0.5, 0.6) is 0 Å². The van der Waals surface area contributed by atoms with E-state index >= 15 is 0 Å². The first-order chi connectivity index (χ1) is 8.59. The largest absolute Gasteiger partial charge is 0.387 e. The van der Waals surface area contributed by atoms with Crippen LogP contribution in [0, 0.1) is 23.7 Å². The highest BCUT2D eigenvalue weighted by molar-refractivity contribution is 9.10. The minimum absolute atomic E-state index is 0.601. The summed E-state index contributed by atoms with van der Waals surface area (Å²) in [6.45, 7) is 2.02. The molecule has 0 bridgehead atoms. The van der Waals surface area contributed by atoms with E-state index in [2.05, 4.69) is 22.0 Å². The van der Waals surface area contributed by atoms with Crippen LogP contribution in [0.3, 0.4) is 0 Å². The van der Waals surface area contributed by atoms with Crippen LogP contribution in [-0.2, 0) is 0 Å². The van der Waals surface area contributed by atoms with Crippen molar-refractivity contribution >= 4 is 15.9 Å². The van der Waals surface area contributed by atoms with Crippen molar-refractivity contribution in [3.05, 3.63) is 33.8 Å². The number of nitrogens with zero attached hydrogens (tertiary/aromatic N) is 1. The van der Waals surface area contributed by atoms with E-state index in [4.69, 9.17) is 0 Å². The number of aliphatic hydroxyl groups is 1. The maximum Gasteiger partial charge on any atom is 0.0987 e. The van der Waals surface area contributed by atoms with Gasteiger partial charge in [0, 0.05) is 4.47 Å². The monoisotopic (exact) mass is 307 g/mol. The minimum Gasteiger partial charge on any atom is -0.387 e. The van der Waals surface area contributed by atoms with Gasteiger partial charge >= 0.3 is 0 Å². The molecule has 18 heavy (non-hydrogen) atoms. The highest BCUT2D eigenvalue weighted by Gasteiger charge is 2.40. The second-order valence-electron chi connectivity index (χ2n) is 5.26. The highest BCUT2D eigenvalue weighted by atomic mass is 79.9. The molecular formula is C15H18BrNO. The van der Waals surface area contributed by atoms with E-state index in [1.54, 1.807) is 0 Å². The van der Waals surface area contributed by atoms with Crippen LogP contribution in [0.2, 0.25) is 0 Å². The molecule has 1 unspecified atom stereocenters. The zero-order valence-corrected chi connectivity index (χ0v) is 12.2. The van der Waals surface area contributed by atoms with Gasteiger partial charge in [-0.3, -0.25) is 0 Å². The zero-order chi connectivity index (χ0) is 13.2. The van der Waals surface area contributed by atoms with Crippen LogP contribution >= 0.6 is 15.9 Å². The smallest absolute Gasteiger partial charge is 0.0987 e. The highest BCUT2D eigenvalue weighted by Crippen LogP contribution is 2.46. The molecule has 1 saturated carbocycles. The molecule has 1 aliphatic rings. The molecule has 1 fully saturated rings. The van der Waals surface area contributed by atoms with Gasteiger partial charge < -0.3 is 5.11 Å². The van der Waals surface area contributed by atoms with Crippen molar-refractivity contribution in [2.24, 2.45) is 5.41 Å². The number of halogens is 1. The van der Waals surface area contributed by atoms with Gasteiger partial charge in [-0.05, 0) is 37.0 Å². The fourth-order valence-electron chi connectivity index (χ4n) is 2.78. The summed E-state index contributed by atoms with van der Waals surface area (Å²) in [6.07, 6.45) is 4.14. The molecule has 2 rings (SSSR count). The topological polar surface area (TPSA) is 44.0 Å². The summed E-state index contributed by atoms with van der Waals surface area (Å²) in [6, 6.07) is 8.29. The van der Waals surface area contributed by atoms with Gasteiger partial charge in [0.2, 0.25) is 0 Å². The lowest BCUT2D eigenvalue weighted by atomic mass is 9.69. The minimum atomic E-state index is -0.697. The molecule has 0 amide bonds. The van der Waals surface area contributed by atoms with Crippen molar-refractivity contribution in [2.45, 2.75) is 45.1 Å². The molecule has 1 aromatic carbocycles. The average Bonchev–Trinajstić information content (AvgIpc) is 2.39. The maximum atomic E-state index is 10.6. The first kappa shape index (κ1) is 13.6. The lowest BCUT2D eigenvalue weighted by Gasteiger charge is -2.35. The van der Waals surface area contributed by atoms with E-state index in [-0.39, 0.29) is 0 Å². The van der Waals surface area contributed by atoms with Crippen LogP contribution < -0.4 is 0 Å². The number of rotatable bonds is 2. The second kappa shape index (κ2) is 5.42. The Morgan fingerprint density at radius 2 is 2.00 bits per heavy atom. The Balaban J connectivity index is 2.34. The van der Waals surface area contributed by atoms with E-state index in [9.17, 15) is 10.4 Å². The Morgan fingerprint density at radius 1 is 1.33 bits per heavy atom. The summed E-state index contributed by atoms with van der Waals surface area (Å²) in [4.78, 5) is 0. The van der Waals surface area contributed by atoms with Crippen molar-refractivity contribution in [1.82, 2.24) is 0 Å². The van der Waals surface area contributed by atoms with Gasteiger partial charge in [-0.25, -0.2) is 0 Å². The molecule has 0 saturated heterocycles. The standard InChI is InChI=1S/C15H18BrNO/c1-11-5-6-12(13(16)9-11)14(18)15(10-17)7-3-2-4-8-15/h5-6,9,14,18H,2-4,7-8H2,1H3. The third kappa shape index (κ3) is 2.46. The van der Waals surface area contributed by atoms with Crippen LogP contribution in [0.4, 0.5) is 0 Å². The van der Waals surface area contributed by atoms with E-state index in [1.165, 1.54) is 6.42 Å². The molecule has 0 aromatic heterocycles. The molecule has 0 aliphatic heterocycles. The van der Waals surface area contributed by atoms with Gasteiger partial charge in [0.1, 0.15) is 0 Å². The van der Waals surface area contributed by atoms with Gasteiger partial charge in [0.15, 0.2) is 0 Å². The van der Waals surface area contributed by atoms with Crippen molar-refractivity contribution in [2.75, 3.05) is 0 Å². The van der Waals surface area contributed by atoms with Crippen LogP contribution in [0.1, 0.15) is 49.3 Å². The molecule has 1 N–H and O–H groups in total. The Bertz CT molecular complexity index is 472. The van der Waals surface area contributed by atoms with Crippen molar-refractivity contribution in [1.29, 1.82) is 5.26 Å². The fourth-order valence-corrected chi connectivity index (χ4v) is 3.49. The predicted octanol–water partition coefficient (Wildman–Crippen LogP) is 4.27. The third-order valence-corrected chi connectivity index (χ3v) is 4.63. The summed E-state index contributed by atoms with van der Waals surface area (Å²) in [5.41, 5.74) is 1.38. The Labute approximate surface area is 117 Å². The van der Waals surface area contributed by atoms with Gasteiger partial charge in [-0.2, -0.15) is 5.26 Å². The lowest BCUT2D eigenvalue weighted by molar-refractivity contribution is 0.0354. The Kier molecular flexibility index (Phi) is 4.09. The molecule has 0 spiro atoms. The first-order valence-electron chi connectivity index (χ1n) is 6.44. The fraction of sp³-hybridized carbons (Fsp3) is 0.533. The summed E-state index contributed by atoms with van der Waals surface area (Å²) in [5, 5.41) is 20.1. The van der Waals surface area contributed by atoms with E-state index in [1.807, 2.05) is 25.1 Å². The predicted molar refractivity (Wildman–Crippen MR) is 75.0 cm³/mol. The number of nitriles is 1. The lowest BCUT2D eigenvalue weighted by Crippen LogP contribution is -2.30. The summed E-state index contributed by atoms with van der Waals surface area (Å²) in [5.74, 6) is 0. The zero-order valence-electron chi connectivity index (χ0n) is 10.6. The van der Waals surface area contributed by atoms with Crippen molar-refractivity contribution in [3.8, 4) is 6.07 Å². The van der Waals surface area contributed by atoms with Gasteiger partial charge in [-0.15, -0.1) is 0 Å². The molecule has 3 heteroatoms. The van der Waals surface area contributed by atoms with E-state index < -0.39 is 11.5 Å². The summed E-state index contributed by atoms with van der Waals surface area (Å²) < 4.78 is 0.898. The van der Waals surface area contributed by atoms with Crippen LogP contribution in [0.25, 0.3) is 0 Å². The molecule has 96 valence electrons. The molecule has 0 radical (unpaired) electrons. The third-order valence-electron chi connectivity index (χ3n) is 3.94. The number of aliphatic hydroxyl groups excluding tert-OH is 1. The molecule has 1 aromatic rings. The number of hydrogen-bond acceptors (Lipinski definition) is 2. The number of aryl methyl sites for hydroxylation is 1. The Morgan fingerprint density at radius 3 is 2.56 bits per heavy atom. The molecule has 1 aliphatic carbocycles. The van der Waals surface area contributed by atoms with E-state index in [0.717, 1.165) is 41.3 Å². The Hall–Kier alpha value is -0.850. The quantitative estimate of drug-likeness (QED) is 0.887. The maximum absolute atomic E-state index is 10.6. The van der Waals surface area contributed by atoms with Crippen molar-refractivity contribution < 1.29 is 5.11 Å². The number of hydrogen-bond donors (Lipinski definition) is 1. The average molecular weight is 308 g/mol. The summed E-state index contributed by atoms with van der Waals surface area (Å²) in [7, 11) is 0.